The van der Waals surface area contributed by atoms with Crippen LogP contribution in [0.2, 0.25) is 0 Å². The van der Waals surface area contributed by atoms with Crippen molar-refractivity contribution in [2.75, 3.05) is 16.8 Å². The van der Waals surface area contributed by atoms with Crippen molar-refractivity contribution in [3.8, 4) is 0 Å². The van der Waals surface area contributed by atoms with Crippen LogP contribution in [0.1, 0.15) is 15.9 Å². The van der Waals surface area contributed by atoms with Crippen LogP contribution in [0.4, 0.5) is 15.8 Å². The summed E-state index contributed by atoms with van der Waals surface area (Å²) in [5.41, 5.74) is 2.00. The first-order valence-electron chi connectivity index (χ1n) is 6.53. The highest BCUT2D eigenvalue weighted by atomic mass is 19.1. The smallest absolute Gasteiger partial charge is 0.258 e. The van der Waals surface area contributed by atoms with Gasteiger partial charge in [0.2, 0.25) is 5.91 Å². The largest absolute Gasteiger partial charge is 0.323 e. The highest BCUT2D eigenvalue weighted by Gasteiger charge is 2.27. The molecule has 0 unspecified atom stereocenters. The van der Waals surface area contributed by atoms with Crippen molar-refractivity contribution in [3.63, 3.8) is 0 Å². The molecule has 0 atom stereocenters. The number of anilines is 2. The molecule has 0 saturated heterocycles. The molecule has 0 bridgehead atoms. The first kappa shape index (κ1) is 13.3. The molecule has 106 valence electrons. The van der Waals surface area contributed by atoms with E-state index in [1.165, 1.54) is 23.1 Å². The molecule has 0 fully saturated rings. The molecule has 2 aromatic rings. The second-order valence-corrected chi connectivity index (χ2v) is 4.92. The van der Waals surface area contributed by atoms with Crippen molar-refractivity contribution in [2.24, 2.45) is 0 Å². The zero-order valence-corrected chi connectivity index (χ0v) is 11.4. The number of halogens is 1. The zero-order chi connectivity index (χ0) is 15.0. The van der Waals surface area contributed by atoms with Crippen LogP contribution < -0.4 is 10.2 Å². The maximum absolute atomic E-state index is 13.3. The fraction of sp³-hybridized carbons (Fsp3) is 0.125. The zero-order valence-electron chi connectivity index (χ0n) is 11.4. The number of carbonyl (C=O) groups excluding carboxylic acids is 2. The number of nitrogens with one attached hydrogen (secondary N) is 1. The van der Waals surface area contributed by atoms with Crippen molar-refractivity contribution in [1.82, 2.24) is 0 Å². The SMILES string of the molecule is Cc1cc(C(=O)N2CC(=O)Nc3ccccc32)ccc1F. The van der Waals surface area contributed by atoms with Crippen LogP contribution >= 0.6 is 0 Å². The number of carbonyl (C=O) groups is 2. The molecular formula is C16H13FN2O2. The van der Waals surface area contributed by atoms with Gasteiger partial charge in [0.25, 0.3) is 5.91 Å². The lowest BCUT2D eigenvalue weighted by Gasteiger charge is -2.29. The average molecular weight is 284 g/mol. The van der Waals surface area contributed by atoms with Gasteiger partial charge in [-0.1, -0.05) is 12.1 Å². The molecule has 21 heavy (non-hydrogen) atoms. The number of hydrogen-bond donors (Lipinski definition) is 1. The molecule has 1 aliphatic rings. The molecule has 3 rings (SSSR count). The fourth-order valence-electron chi connectivity index (χ4n) is 2.35. The number of rotatable bonds is 1. The van der Waals surface area contributed by atoms with Gasteiger partial charge in [-0.25, -0.2) is 4.39 Å². The van der Waals surface area contributed by atoms with Gasteiger partial charge in [-0.3, -0.25) is 14.5 Å². The van der Waals surface area contributed by atoms with E-state index in [9.17, 15) is 14.0 Å². The number of fused-ring (bicyclic) bond motifs is 1. The van der Waals surface area contributed by atoms with Crippen molar-refractivity contribution < 1.29 is 14.0 Å². The van der Waals surface area contributed by atoms with Gasteiger partial charge in [-0.15, -0.1) is 0 Å². The minimum atomic E-state index is -0.358. The normalized spacial score (nSPS) is 13.6. The quantitative estimate of drug-likeness (QED) is 0.875. The van der Waals surface area contributed by atoms with Gasteiger partial charge in [0, 0.05) is 5.56 Å². The average Bonchev–Trinajstić information content (AvgIpc) is 2.48. The van der Waals surface area contributed by atoms with Crippen molar-refractivity contribution in [2.45, 2.75) is 6.92 Å². The van der Waals surface area contributed by atoms with Crippen LogP contribution in [0.15, 0.2) is 42.5 Å². The maximum Gasteiger partial charge on any atom is 0.258 e. The molecule has 0 radical (unpaired) electrons. The van der Waals surface area contributed by atoms with Gasteiger partial charge < -0.3 is 5.32 Å². The molecule has 1 aliphatic heterocycles. The Morgan fingerprint density at radius 1 is 1.24 bits per heavy atom. The van der Waals surface area contributed by atoms with Gasteiger partial charge >= 0.3 is 0 Å². The summed E-state index contributed by atoms with van der Waals surface area (Å²) < 4.78 is 13.3. The second kappa shape index (κ2) is 5.01. The number of benzene rings is 2. The summed E-state index contributed by atoms with van der Waals surface area (Å²) in [6.07, 6.45) is 0. The summed E-state index contributed by atoms with van der Waals surface area (Å²) in [6.45, 7) is 1.55. The van der Waals surface area contributed by atoms with Crippen LogP contribution in [0.25, 0.3) is 0 Å². The third kappa shape index (κ3) is 2.38. The van der Waals surface area contributed by atoms with Gasteiger partial charge in [-0.2, -0.15) is 0 Å². The molecule has 1 heterocycles. The Morgan fingerprint density at radius 3 is 2.76 bits per heavy atom. The van der Waals surface area contributed by atoms with Crippen LogP contribution in [-0.2, 0) is 4.79 Å². The standard InChI is InChI=1S/C16H13FN2O2/c1-10-8-11(6-7-12(10)17)16(21)19-9-15(20)18-13-4-2-3-5-14(13)19/h2-8H,9H2,1H3,(H,18,20). The molecule has 5 heteroatoms. The predicted molar refractivity (Wildman–Crippen MR) is 77.9 cm³/mol. The lowest BCUT2D eigenvalue weighted by Crippen LogP contribution is -2.42. The molecule has 2 amide bonds. The minimum absolute atomic E-state index is 0.0493. The Labute approximate surface area is 121 Å². The van der Waals surface area contributed by atoms with E-state index in [4.69, 9.17) is 0 Å². The van der Waals surface area contributed by atoms with Crippen molar-refractivity contribution >= 4 is 23.2 Å². The van der Waals surface area contributed by atoms with Crippen LogP contribution in [0.5, 0.6) is 0 Å². The third-order valence-corrected chi connectivity index (χ3v) is 3.42. The molecule has 0 aliphatic carbocycles. The van der Waals surface area contributed by atoms with E-state index >= 15 is 0 Å². The Bertz CT molecular complexity index is 743. The lowest BCUT2D eigenvalue weighted by atomic mass is 10.1. The Morgan fingerprint density at radius 2 is 2.00 bits per heavy atom. The van der Waals surface area contributed by atoms with Gasteiger partial charge in [0.05, 0.1) is 11.4 Å². The molecule has 1 N–H and O–H groups in total. The summed E-state index contributed by atoms with van der Waals surface area (Å²) in [5.74, 6) is -0.926. The van der Waals surface area contributed by atoms with E-state index < -0.39 is 0 Å². The van der Waals surface area contributed by atoms with Gasteiger partial charge in [-0.05, 0) is 42.8 Å². The van der Waals surface area contributed by atoms with E-state index in [0.29, 0.717) is 22.5 Å². The monoisotopic (exact) mass is 284 g/mol. The summed E-state index contributed by atoms with van der Waals surface area (Å²) >= 11 is 0. The Kier molecular flexibility index (Phi) is 3.17. The Hall–Kier alpha value is -2.69. The molecule has 4 nitrogen and oxygen atoms in total. The van der Waals surface area contributed by atoms with Crippen LogP contribution in [0, 0.1) is 12.7 Å². The third-order valence-electron chi connectivity index (χ3n) is 3.42. The summed E-state index contributed by atoms with van der Waals surface area (Å²) in [7, 11) is 0. The van der Waals surface area contributed by atoms with Crippen molar-refractivity contribution in [3.05, 3.63) is 59.4 Å². The number of nitrogens with zero attached hydrogens (tertiary/aromatic N) is 1. The number of aryl methyl sites for hydroxylation is 1. The summed E-state index contributed by atoms with van der Waals surface area (Å²) in [6, 6.07) is 11.3. The van der Waals surface area contributed by atoms with E-state index in [-0.39, 0.29) is 24.2 Å². The summed E-state index contributed by atoms with van der Waals surface area (Å²) in [4.78, 5) is 25.7. The first-order chi connectivity index (χ1) is 10.1. The molecule has 0 saturated carbocycles. The Balaban J connectivity index is 2.01. The number of hydrogen-bond acceptors (Lipinski definition) is 2. The fourth-order valence-corrected chi connectivity index (χ4v) is 2.35. The number of amides is 2. The molecular weight excluding hydrogens is 271 g/mol. The van der Waals surface area contributed by atoms with Gasteiger partial charge in [0.1, 0.15) is 12.4 Å². The molecule has 0 spiro atoms. The predicted octanol–water partition coefficient (Wildman–Crippen LogP) is 2.73. The van der Waals surface area contributed by atoms with Crippen LogP contribution in [0.3, 0.4) is 0 Å². The summed E-state index contributed by atoms with van der Waals surface area (Å²) in [5, 5.41) is 2.72. The minimum Gasteiger partial charge on any atom is -0.323 e. The maximum atomic E-state index is 13.3. The van der Waals surface area contributed by atoms with Crippen molar-refractivity contribution in [1.29, 1.82) is 0 Å². The topological polar surface area (TPSA) is 49.4 Å². The molecule has 0 aromatic heterocycles. The second-order valence-electron chi connectivity index (χ2n) is 4.92. The highest BCUT2D eigenvalue weighted by Crippen LogP contribution is 2.30. The van der Waals surface area contributed by atoms with E-state index in [1.807, 2.05) is 0 Å². The van der Waals surface area contributed by atoms with Crippen LogP contribution in [-0.4, -0.2) is 18.4 Å². The van der Waals surface area contributed by atoms with E-state index in [0.717, 1.165) is 0 Å². The van der Waals surface area contributed by atoms with E-state index in [2.05, 4.69) is 5.32 Å². The van der Waals surface area contributed by atoms with E-state index in [1.54, 1.807) is 31.2 Å². The highest BCUT2D eigenvalue weighted by molar-refractivity contribution is 6.15. The first-order valence-corrected chi connectivity index (χ1v) is 6.53. The number of para-hydroxylation sites is 2. The molecule has 2 aromatic carbocycles. The lowest BCUT2D eigenvalue weighted by molar-refractivity contribution is -0.115. The van der Waals surface area contributed by atoms with Gasteiger partial charge in [0.15, 0.2) is 0 Å².